The van der Waals surface area contributed by atoms with E-state index in [0.717, 1.165) is 33.5 Å². The van der Waals surface area contributed by atoms with Crippen LogP contribution in [-0.2, 0) is 0 Å². The van der Waals surface area contributed by atoms with Crippen LogP contribution in [0.1, 0.15) is 28.9 Å². The van der Waals surface area contributed by atoms with Crippen LogP contribution >= 0.6 is 0 Å². The minimum atomic E-state index is -0.116. The Hall–Kier alpha value is -3.66. The van der Waals surface area contributed by atoms with Gasteiger partial charge < -0.3 is 10.1 Å². The maximum Gasteiger partial charge on any atom is 0.252 e. The van der Waals surface area contributed by atoms with Crippen molar-refractivity contribution in [3.8, 4) is 17.0 Å². The number of hydrogen-bond donors (Lipinski definition) is 1. The number of pyridine rings is 1. The molecule has 4 nitrogen and oxygen atoms in total. The molecule has 0 spiro atoms. The molecule has 4 aromatic rings. The van der Waals surface area contributed by atoms with Gasteiger partial charge in [-0.25, -0.2) is 4.98 Å². The van der Waals surface area contributed by atoms with Gasteiger partial charge in [-0.1, -0.05) is 48.5 Å². The number of para-hydroxylation sites is 1. The van der Waals surface area contributed by atoms with E-state index in [4.69, 9.17) is 9.72 Å². The number of nitrogens with one attached hydrogen (secondary N) is 1. The van der Waals surface area contributed by atoms with E-state index in [1.807, 2.05) is 91.9 Å². The van der Waals surface area contributed by atoms with Crippen molar-refractivity contribution < 1.29 is 9.53 Å². The highest BCUT2D eigenvalue weighted by Gasteiger charge is 2.16. The van der Waals surface area contributed by atoms with Gasteiger partial charge in [0, 0.05) is 10.9 Å². The molecule has 0 fully saturated rings. The molecule has 4 rings (SSSR count). The number of carbonyl (C=O) groups is 1. The molecule has 29 heavy (non-hydrogen) atoms. The van der Waals surface area contributed by atoms with Crippen LogP contribution in [0.4, 0.5) is 0 Å². The number of methoxy groups -OCH3 is 1. The van der Waals surface area contributed by atoms with Gasteiger partial charge in [-0.05, 0) is 48.9 Å². The van der Waals surface area contributed by atoms with Crippen LogP contribution in [0, 0.1) is 0 Å². The number of aromatic nitrogens is 1. The summed E-state index contributed by atoms with van der Waals surface area (Å²) in [7, 11) is 1.64. The lowest BCUT2D eigenvalue weighted by Crippen LogP contribution is -2.27. The second-order valence-electron chi connectivity index (χ2n) is 6.91. The molecular formula is C25H22N2O2. The van der Waals surface area contributed by atoms with Crippen molar-refractivity contribution in [2.75, 3.05) is 7.11 Å². The number of ether oxygens (including phenoxy) is 1. The number of fused-ring (bicyclic) bond motifs is 1. The van der Waals surface area contributed by atoms with Crippen molar-refractivity contribution in [2.24, 2.45) is 0 Å². The monoisotopic (exact) mass is 382 g/mol. The predicted molar refractivity (Wildman–Crippen MR) is 116 cm³/mol. The molecule has 3 aromatic carbocycles. The van der Waals surface area contributed by atoms with E-state index in [2.05, 4.69) is 5.32 Å². The fourth-order valence-corrected chi connectivity index (χ4v) is 3.37. The van der Waals surface area contributed by atoms with Gasteiger partial charge in [0.1, 0.15) is 5.75 Å². The molecule has 4 heteroatoms. The average molecular weight is 382 g/mol. The highest BCUT2D eigenvalue weighted by atomic mass is 16.5. The Morgan fingerprint density at radius 2 is 1.62 bits per heavy atom. The third-order valence-electron chi connectivity index (χ3n) is 4.99. The lowest BCUT2D eigenvalue weighted by atomic mass is 10.0. The van der Waals surface area contributed by atoms with Crippen LogP contribution in [0.5, 0.6) is 5.75 Å². The first-order valence-electron chi connectivity index (χ1n) is 9.56. The highest BCUT2D eigenvalue weighted by Crippen LogP contribution is 2.27. The van der Waals surface area contributed by atoms with Crippen molar-refractivity contribution in [1.29, 1.82) is 0 Å². The molecule has 1 amide bonds. The molecule has 144 valence electrons. The van der Waals surface area contributed by atoms with Crippen molar-refractivity contribution in [3.63, 3.8) is 0 Å². The predicted octanol–water partition coefficient (Wildman–Crippen LogP) is 5.40. The third kappa shape index (κ3) is 3.97. The van der Waals surface area contributed by atoms with Crippen LogP contribution in [0.25, 0.3) is 22.2 Å². The quantitative estimate of drug-likeness (QED) is 0.503. The van der Waals surface area contributed by atoms with Gasteiger partial charge in [0.2, 0.25) is 0 Å². The normalized spacial score (nSPS) is 11.8. The SMILES string of the molecule is COc1ccc(-c2cc(C(=O)N[C@H](C)c3ccccc3)c3ccccc3n2)cc1. The Bertz CT molecular complexity index is 1140. The first-order chi connectivity index (χ1) is 14.2. The summed E-state index contributed by atoms with van der Waals surface area (Å²) in [5.74, 6) is 0.666. The zero-order valence-corrected chi connectivity index (χ0v) is 16.4. The molecule has 0 unspecified atom stereocenters. The van der Waals surface area contributed by atoms with Gasteiger partial charge in [0.05, 0.1) is 29.9 Å². The summed E-state index contributed by atoms with van der Waals surface area (Å²) in [6, 6.07) is 27.1. The standard InChI is InChI=1S/C25H22N2O2/c1-17(18-8-4-3-5-9-18)26-25(28)22-16-24(19-12-14-20(29-2)15-13-19)27-23-11-7-6-10-21(22)23/h3-17H,1-2H3,(H,26,28)/t17-/m1/s1. The van der Waals surface area contributed by atoms with E-state index in [0.29, 0.717) is 5.56 Å². The molecule has 0 aliphatic rings. The Morgan fingerprint density at radius 1 is 0.931 bits per heavy atom. The molecule has 0 bridgehead atoms. The fraction of sp³-hybridized carbons (Fsp3) is 0.120. The second-order valence-corrected chi connectivity index (χ2v) is 6.91. The van der Waals surface area contributed by atoms with Crippen LogP contribution in [0.2, 0.25) is 0 Å². The van der Waals surface area contributed by atoms with Crippen molar-refractivity contribution in [1.82, 2.24) is 10.3 Å². The Balaban J connectivity index is 1.73. The van der Waals surface area contributed by atoms with Gasteiger partial charge in [-0.2, -0.15) is 0 Å². The first-order valence-corrected chi connectivity index (χ1v) is 9.56. The van der Waals surface area contributed by atoms with Crippen LogP contribution in [0.15, 0.2) is 84.9 Å². The number of amides is 1. The molecule has 0 aliphatic carbocycles. The molecule has 1 atom stereocenters. The van der Waals surface area contributed by atoms with Crippen LogP contribution in [-0.4, -0.2) is 18.0 Å². The molecule has 0 aliphatic heterocycles. The largest absolute Gasteiger partial charge is 0.497 e. The van der Waals surface area contributed by atoms with Crippen LogP contribution < -0.4 is 10.1 Å². The molecule has 0 radical (unpaired) electrons. The minimum Gasteiger partial charge on any atom is -0.497 e. The zero-order chi connectivity index (χ0) is 20.2. The summed E-state index contributed by atoms with van der Waals surface area (Å²) in [6.07, 6.45) is 0. The Kier molecular flexibility index (Phi) is 5.25. The Labute approximate surface area is 170 Å². The summed E-state index contributed by atoms with van der Waals surface area (Å²) < 4.78 is 5.24. The summed E-state index contributed by atoms with van der Waals surface area (Å²) in [5.41, 5.74) is 4.16. The number of nitrogens with zero attached hydrogens (tertiary/aromatic N) is 1. The molecule has 0 saturated heterocycles. The van der Waals surface area contributed by atoms with Gasteiger partial charge in [0.25, 0.3) is 5.91 Å². The second kappa shape index (κ2) is 8.15. The summed E-state index contributed by atoms with van der Waals surface area (Å²) in [5, 5.41) is 3.95. The van der Waals surface area contributed by atoms with Gasteiger partial charge in [0.15, 0.2) is 0 Å². The minimum absolute atomic E-state index is 0.0972. The van der Waals surface area contributed by atoms with Crippen molar-refractivity contribution >= 4 is 16.8 Å². The topological polar surface area (TPSA) is 51.2 Å². The molecular weight excluding hydrogens is 360 g/mol. The van der Waals surface area contributed by atoms with E-state index in [9.17, 15) is 4.79 Å². The number of carbonyl (C=O) groups excluding carboxylic acids is 1. The molecule has 1 aromatic heterocycles. The van der Waals surface area contributed by atoms with Gasteiger partial charge in [-0.15, -0.1) is 0 Å². The maximum absolute atomic E-state index is 13.2. The fourth-order valence-electron chi connectivity index (χ4n) is 3.37. The highest BCUT2D eigenvalue weighted by molar-refractivity contribution is 6.07. The zero-order valence-electron chi connectivity index (χ0n) is 16.4. The molecule has 1 heterocycles. The van der Waals surface area contributed by atoms with E-state index < -0.39 is 0 Å². The number of benzene rings is 3. The lowest BCUT2D eigenvalue weighted by molar-refractivity contribution is 0.0941. The summed E-state index contributed by atoms with van der Waals surface area (Å²) in [6.45, 7) is 1.99. The van der Waals surface area contributed by atoms with Crippen LogP contribution in [0.3, 0.4) is 0 Å². The number of hydrogen-bond acceptors (Lipinski definition) is 3. The third-order valence-corrected chi connectivity index (χ3v) is 4.99. The smallest absolute Gasteiger partial charge is 0.252 e. The van der Waals surface area contributed by atoms with E-state index in [1.54, 1.807) is 7.11 Å². The van der Waals surface area contributed by atoms with Crippen molar-refractivity contribution in [3.05, 3.63) is 96.1 Å². The van der Waals surface area contributed by atoms with Gasteiger partial charge >= 0.3 is 0 Å². The lowest BCUT2D eigenvalue weighted by Gasteiger charge is -2.16. The van der Waals surface area contributed by atoms with E-state index in [-0.39, 0.29) is 11.9 Å². The van der Waals surface area contributed by atoms with Gasteiger partial charge in [-0.3, -0.25) is 4.79 Å². The maximum atomic E-state index is 13.2. The Morgan fingerprint density at radius 3 is 2.34 bits per heavy atom. The molecule has 1 N–H and O–H groups in total. The average Bonchev–Trinajstić information content (AvgIpc) is 2.79. The summed E-state index contributed by atoms with van der Waals surface area (Å²) in [4.78, 5) is 17.9. The summed E-state index contributed by atoms with van der Waals surface area (Å²) >= 11 is 0. The van der Waals surface area contributed by atoms with E-state index >= 15 is 0 Å². The number of rotatable bonds is 5. The van der Waals surface area contributed by atoms with Crippen molar-refractivity contribution in [2.45, 2.75) is 13.0 Å². The molecule has 0 saturated carbocycles. The van der Waals surface area contributed by atoms with E-state index in [1.165, 1.54) is 0 Å². The first kappa shape index (κ1) is 18.7.